The highest BCUT2D eigenvalue weighted by Gasteiger charge is 2.21. The fourth-order valence-electron chi connectivity index (χ4n) is 1.65. The van der Waals surface area contributed by atoms with E-state index in [0.717, 1.165) is 19.5 Å². The topological polar surface area (TPSA) is 50.8 Å². The molecule has 0 heterocycles. The maximum absolute atomic E-state index is 12.0. The van der Waals surface area contributed by atoms with Crippen molar-refractivity contribution in [2.75, 3.05) is 33.4 Å². The minimum absolute atomic E-state index is 0.240. The van der Waals surface area contributed by atoms with Gasteiger partial charge in [-0.1, -0.05) is 6.92 Å². The van der Waals surface area contributed by atoms with Crippen LogP contribution in [0.4, 0.5) is 4.79 Å². The zero-order valence-electron chi connectivity index (χ0n) is 13.3. The monoisotopic (exact) mass is 274 g/mol. The lowest BCUT2D eigenvalue weighted by Crippen LogP contribution is -2.42. The van der Waals surface area contributed by atoms with Gasteiger partial charge in [-0.2, -0.15) is 0 Å². The predicted octanol–water partition coefficient (Wildman–Crippen LogP) is 2.26. The molecule has 19 heavy (non-hydrogen) atoms. The van der Waals surface area contributed by atoms with Crippen molar-refractivity contribution in [1.29, 1.82) is 0 Å². The number of carbonyl (C=O) groups excluding carboxylic acids is 1. The van der Waals surface area contributed by atoms with Crippen LogP contribution >= 0.6 is 0 Å². The molecule has 0 spiro atoms. The second-order valence-electron chi connectivity index (χ2n) is 5.78. The molecule has 1 N–H and O–H groups in total. The Morgan fingerprint density at radius 3 is 2.42 bits per heavy atom. The van der Waals surface area contributed by atoms with Crippen molar-refractivity contribution in [1.82, 2.24) is 10.2 Å². The second-order valence-corrected chi connectivity index (χ2v) is 5.78. The summed E-state index contributed by atoms with van der Waals surface area (Å²) in [7, 11) is 1.68. The first-order valence-electron chi connectivity index (χ1n) is 7.00. The summed E-state index contributed by atoms with van der Waals surface area (Å²) in [4.78, 5) is 13.7. The Bertz CT molecular complexity index is 252. The average molecular weight is 274 g/mol. The van der Waals surface area contributed by atoms with Crippen molar-refractivity contribution >= 4 is 6.09 Å². The van der Waals surface area contributed by atoms with Crippen molar-refractivity contribution in [3.05, 3.63) is 0 Å². The molecule has 0 aliphatic heterocycles. The third-order valence-corrected chi connectivity index (χ3v) is 2.44. The van der Waals surface area contributed by atoms with E-state index in [4.69, 9.17) is 9.47 Å². The fraction of sp³-hybridized carbons (Fsp3) is 0.929. The van der Waals surface area contributed by atoms with E-state index in [1.165, 1.54) is 0 Å². The normalized spacial score (nSPS) is 13.2. The number of hydrogen-bond donors (Lipinski definition) is 1. The molecule has 1 unspecified atom stereocenters. The Morgan fingerprint density at radius 1 is 1.32 bits per heavy atom. The second kappa shape index (κ2) is 9.15. The molecule has 0 radical (unpaired) electrons. The Kier molecular flexibility index (Phi) is 8.76. The van der Waals surface area contributed by atoms with E-state index in [2.05, 4.69) is 19.2 Å². The molecule has 0 aromatic heterocycles. The van der Waals surface area contributed by atoms with Gasteiger partial charge in [0.1, 0.15) is 5.60 Å². The quantitative estimate of drug-likeness (QED) is 0.737. The lowest BCUT2D eigenvalue weighted by molar-refractivity contribution is 0.0249. The number of carbonyl (C=O) groups is 1. The van der Waals surface area contributed by atoms with E-state index >= 15 is 0 Å². The highest BCUT2D eigenvalue weighted by molar-refractivity contribution is 5.68. The van der Waals surface area contributed by atoms with Gasteiger partial charge in [-0.15, -0.1) is 0 Å². The Balaban J connectivity index is 4.14. The van der Waals surface area contributed by atoms with Crippen LogP contribution < -0.4 is 5.32 Å². The van der Waals surface area contributed by atoms with Gasteiger partial charge in [0.25, 0.3) is 0 Å². The summed E-state index contributed by atoms with van der Waals surface area (Å²) in [6.45, 7) is 12.5. The van der Waals surface area contributed by atoms with Crippen molar-refractivity contribution in [2.24, 2.45) is 0 Å². The number of nitrogens with one attached hydrogen (secondary N) is 1. The lowest BCUT2D eigenvalue weighted by Gasteiger charge is -2.27. The minimum atomic E-state index is -0.445. The molecular weight excluding hydrogens is 244 g/mol. The van der Waals surface area contributed by atoms with E-state index in [1.807, 2.05) is 20.8 Å². The maximum Gasteiger partial charge on any atom is 0.410 e. The van der Waals surface area contributed by atoms with Crippen molar-refractivity contribution in [3.63, 3.8) is 0 Å². The summed E-state index contributed by atoms with van der Waals surface area (Å²) in [5.74, 6) is 0. The fourth-order valence-corrected chi connectivity index (χ4v) is 1.65. The van der Waals surface area contributed by atoms with E-state index in [1.54, 1.807) is 12.0 Å². The highest BCUT2D eigenvalue weighted by Crippen LogP contribution is 2.10. The van der Waals surface area contributed by atoms with E-state index < -0.39 is 5.60 Å². The number of hydrogen-bond acceptors (Lipinski definition) is 4. The number of amides is 1. The molecule has 0 fully saturated rings. The summed E-state index contributed by atoms with van der Waals surface area (Å²) >= 11 is 0. The van der Waals surface area contributed by atoms with Crippen LogP contribution in [0.3, 0.4) is 0 Å². The van der Waals surface area contributed by atoms with Gasteiger partial charge in [-0.05, 0) is 34.1 Å². The zero-order chi connectivity index (χ0) is 14.9. The molecule has 114 valence electrons. The van der Waals surface area contributed by atoms with Gasteiger partial charge < -0.3 is 19.7 Å². The maximum atomic E-state index is 12.0. The van der Waals surface area contributed by atoms with Gasteiger partial charge in [0.05, 0.1) is 6.61 Å². The van der Waals surface area contributed by atoms with Gasteiger partial charge in [0.15, 0.2) is 0 Å². The van der Waals surface area contributed by atoms with Crippen molar-refractivity contribution < 1.29 is 14.3 Å². The van der Waals surface area contributed by atoms with Gasteiger partial charge >= 0.3 is 6.09 Å². The van der Waals surface area contributed by atoms with Crippen molar-refractivity contribution in [2.45, 2.75) is 52.7 Å². The first-order chi connectivity index (χ1) is 8.80. The first kappa shape index (κ1) is 18.2. The summed E-state index contributed by atoms with van der Waals surface area (Å²) in [6, 6.07) is 0.284. The Morgan fingerprint density at radius 2 is 1.95 bits per heavy atom. The molecule has 1 atom stereocenters. The standard InChI is InChI=1S/C14H30N2O3/c1-7-9-16(13(17)19-14(3,4)5)10-8-15-12(2)11-18-6/h12,15H,7-11H2,1-6H3. The van der Waals surface area contributed by atoms with Crippen molar-refractivity contribution in [3.8, 4) is 0 Å². The summed E-state index contributed by atoms with van der Waals surface area (Å²) in [5, 5.41) is 3.32. The Hall–Kier alpha value is -0.810. The molecule has 0 rings (SSSR count). The van der Waals surface area contributed by atoms with E-state index in [9.17, 15) is 4.79 Å². The van der Waals surface area contributed by atoms with Crippen LogP contribution in [-0.2, 0) is 9.47 Å². The number of ether oxygens (including phenoxy) is 2. The third-order valence-electron chi connectivity index (χ3n) is 2.44. The summed E-state index contributed by atoms with van der Waals surface area (Å²) in [6.07, 6.45) is 0.683. The van der Waals surface area contributed by atoms with Gasteiger partial charge in [-0.25, -0.2) is 4.79 Å². The number of rotatable bonds is 8. The predicted molar refractivity (Wildman–Crippen MR) is 77.4 cm³/mol. The SMILES string of the molecule is CCCN(CCNC(C)COC)C(=O)OC(C)(C)C. The van der Waals surface area contributed by atoms with E-state index in [0.29, 0.717) is 13.2 Å². The molecular formula is C14H30N2O3. The third kappa shape index (κ3) is 9.73. The first-order valence-corrected chi connectivity index (χ1v) is 7.00. The molecule has 0 aliphatic carbocycles. The minimum Gasteiger partial charge on any atom is -0.444 e. The van der Waals surface area contributed by atoms with Crippen LogP contribution in [0.15, 0.2) is 0 Å². The molecule has 0 aromatic carbocycles. The van der Waals surface area contributed by atoms with Crippen LogP contribution in [0.25, 0.3) is 0 Å². The largest absolute Gasteiger partial charge is 0.444 e. The Labute approximate surface area is 117 Å². The number of methoxy groups -OCH3 is 1. The molecule has 1 amide bonds. The lowest BCUT2D eigenvalue weighted by atomic mass is 10.2. The molecule has 0 saturated carbocycles. The van der Waals surface area contributed by atoms with Gasteiger partial charge in [0, 0.05) is 32.8 Å². The highest BCUT2D eigenvalue weighted by atomic mass is 16.6. The molecule has 5 nitrogen and oxygen atoms in total. The average Bonchev–Trinajstić information content (AvgIpc) is 2.26. The molecule has 0 aromatic rings. The van der Waals surface area contributed by atoms with Crippen LogP contribution in [-0.4, -0.2) is 56.0 Å². The van der Waals surface area contributed by atoms with E-state index in [-0.39, 0.29) is 12.1 Å². The zero-order valence-corrected chi connectivity index (χ0v) is 13.3. The molecule has 5 heteroatoms. The smallest absolute Gasteiger partial charge is 0.410 e. The van der Waals surface area contributed by atoms with Gasteiger partial charge in [0.2, 0.25) is 0 Å². The van der Waals surface area contributed by atoms with Crippen LogP contribution in [0.1, 0.15) is 41.0 Å². The molecule has 0 aliphatic rings. The summed E-state index contributed by atoms with van der Waals surface area (Å²) < 4.78 is 10.4. The van der Waals surface area contributed by atoms with Crippen LogP contribution in [0.5, 0.6) is 0 Å². The van der Waals surface area contributed by atoms with Gasteiger partial charge in [-0.3, -0.25) is 0 Å². The molecule has 0 saturated heterocycles. The summed E-state index contributed by atoms with van der Waals surface area (Å²) in [5.41, 5.74) is -0.445. The van der Waals surface area contributed by atoms with Crippen LogP contribution in [0, 0.1) is 0 Å². The molecule has 0 bridgehead atoms. The number of nitrogens with zero attached hydrogens (tertiary/aromatic N) is 1. The van der Waals surface area contributed by atoms with Crippen LogP contribution in [0.2, 0.25) is 0 Å².